The van der Waals surface area contributed by atoms with Crippen LogP contribution < -0.4 is 0 Å². The van der Waals surface area contributed by atoms with Crippen molar-refractivity contribution in [3.05, 3.63) is 81.6 Å². The highest BCUT2D eigenvalue weighted by Crippen LogP contribution is 2.29. The molecule has 4 rings (SSSR count). The van der Waals surface area contributed by atoms with Gasteiger partial charge in [-0.15, -0.1) is 0 Å². The topological polar surface area (TPSA) is 30.2 Å². The quantitative estimate of drug-likeness (QED) is 0.623. The zero-order valence-corrected chi connectivity index (χ0v) is 14.0. The minimum absolute atomic E-state index is 0.270. The van der Waals surface area contributed by atoms with Crippen molar-refractivity contribution in [2.75, 3.05) is 0 Å². The summed E-state index contributed by atoms with van der Waals surface area (Å²) in [6, 6.07) is 12.7. The van der Waals surface area contributed by atoms with Gasteiger partial charge in [0.15, 0.2) is 0 Å². The predicted molar refractivity (Wildman–Crippen MR) is 91.7 cm³/mol. The average molecular weight is 370 g/mol. The average Bonchev–Trinajstić information content (AvgIpc) is 2.82. The first-order valence-electron chi connectivity index (χ1n) is 7.28. The first kappa shape index (κ1) is 14.3. The van der Waals surface area contributed by atoms with E-state index in [9.17, 15) is 4.39 Å². The van der Waals surface area contributed by atoms with E-state index in [0.717, 1.165) is 27.2 Å². The number of hydrogen-bond acceptors (Lipinski definition) is 2. The van der Waals surface area contributed by atoms with E-state index in [1.807, 2.05) is 37.4 Å². The molecule has 0 spiro atoms. The van der Waals surface area contributed by atoms with E-state index in [2.05, 4.69) is 30.5 Å². The molecule has 1 aliphatic rings. The fourth-order valence-electron chi connectivity index (χ4n) is 2.94. The van der Waals surface area contributed by atoms with Crippen molar-refractivity contribution in [3.8, 4) is 5.69 Å². The van der Waals surface area contributed by atoms with Gasteiger partial charge in [-0.05, 0) is 37.3 Å². The summed E-state index contributed by atoms with van der Waals surface area (Å²) in [5, 5.41) is 0. The van der Waals surface area contributed by atoms with Crippen LogP contribution in [-0.2, 0) is 6.54 Å². The normalized spacial score (nSPS) is 13.1. The Morgan fingerprint density at radius 1 is 1.13 bits per heavy atom. The molecule has 3 aromatic rings. The number of nitrogens with zero attached hydrogens (tertiary/aromatic N) is 3. The lowest BCUT2D eigenvalue weighted by Crippen LogP contribution is -2.09. The van der Waals surface area contributed by atoms with Gasteiger partial charge in [-0.25, -0.2) is 9.37 Å². The summed E-state index contributed by atoms with van der Waals surface area (Å²) in [6.07, 6.45) is 1.84. The first-order chi connectivity index (χ1) is 11.1. The molecule has 0 saturated carbocycles. The van der Waals surface area contributed by atoms with Crippen molar-refractivity contribution in [1.82, 2.24) is 9.55 Å². The van der Waals surface area contributed by atoms with Gasteiger partial charge >= 0.3 is 0 Å². The van der Waals surface area contributed by atoms with Crippen molar-refractivity contribution < 1.29 is 4.39 Å². The zero-order valence-electron chi connectivity index (χ0n) is 12.4. The Balaban J connectivity index is 2.03. The molecule has 0 atom stereocenters. The minimum atomic E-state index is -0.270. The molecule has 0 amide bonds. The number of halogens is 2. The number of aryl methyl sites for hydroxylation is 1. The molecule has 23 heavy (non-hydrogen) atoms. The lowest BCUT2D eigenvalue weighted by molar-refractivity contribution is 0.625. The number of fused-ring (bicyclic) bond motifs is 3. The van der Waals surface area contributed by atoms with E-state index in [-0.39, 0.29) is 5.82 Å². The van der Waals surface area contributed by atoms with Gasteiger partial charge in [0.05, 0.1) is 17.9 Å². The van der Waals surface area contributed by atoms with E-state index >= 15 is 0 Å². The molecule has 1 aromatic heterocycles. The van der Waals surface area contributed by atoms with Crippen LogP contribution in [0.2, 0.25) is 0 Å². The Kier molecular flexibility index (Phi) is 3.38. The summed E-state index contributed by atoms with van der Waals surface area (Å²) in [5.74, 6) is 0.589. The highest BCUT2D eigenvalue weighted by molar-refractivity contribution is 9.10. The van der Waals surface area contributed by atoms with Crippen LogP contribution in [0.1, 0.15) is 22.6 Å². The Labute approximate surface area is 141 Å². The van der Waals surface area contributed by atoms with Crippen LogP contribution in [0.15, 0.2) is 58.1 Å². The fraction of sp³-hybridized carbons (Fsp3) is 0.111. The van der Waals surface area contributed by atoms with Crippen LogP contribution in [0.3, 0.4) is 0 Å². The smallest absolute Gasteiger partial charge is 0.135 e. The van der Waals surface area contributed by atoms with Crippen molar-refractivity contribution in [1.29, 1.82) is 0 Å². The number of imidazole rings is 1. The number of aliphatic imine (C=N–C) groups is 1. The van der Waals surface area contributed by atoms with Gasteiger partial charge in [-0.1, -0.05) is 28.1 Å². The molecule has 0 N–H and O–H groups in total. The third-order valence-corrected chi connectivity index (χ3v) is 4.47. The molecule has 0 bridgehead atoms. The summed E-state index contributed by atoms with van der Waals surface area (Å²) in [5.41, 5.74) is 4.06. The van der Waals surface area contributed by atoms with E-state index in [0.29, 0.717) is 17.8 Å². The number of aromatic nitrogens is 2. The summed E-state index contributed by atoms with van der Waals surface area (Å²) in [4.78, 5) is 9.10. The van der Waals surface area contributed by atoms with Crippen LogP contribution in [0.4, 0.5) is 4.39 Å². The maximum atomic E-state index is 14.3. The lowest BCUT2D eigenvalue weighted by Gasteiger charge is -2.14. The second-order valence-electron chi connectivity index (χ2n) is 5.46. The Morgan fingerprint density at radius 2 is 1.96 bits per heavy atom. The van der Waals surface area contributed by atoms with Crippen LogP contribution in [0.5, 0.6) is 0 Å². The van der Waals surface area contributed by atoms with Gasteiger partial charge < -0.3 is 0 Å². The molecule has 0 aliphatic carbocycles. The molecule has 0 saturated heterocycles. The molecule has 0 radical (unpaired) electrons. The maximum absolute atomic E-state index is 14.3. The summed E-state index contributed by atoms with van der Waals surface area (Å²) in [7, 11) is 0. The van der Waals surface area contributed by atoms with Crippen molar-refractivity contribution in [3.63, 3.8) is 0 Å². The van der Waals surface area contributed by atoms with Gasteiger partial charge in [0.2, 0.25) is 0 Å². The number of rotatable bonds is 1. The molecular formula is C18H13BrFN3. The van der Waals surface area contributed by atoms with Gasteiger partial charge in [0.1, 0.15) is 11.6 Å². The monoisotopic (exact) mass is 369 g/mol. The van der Waals surface area contributed by atoms with Crippen LogP contribution >= 0.6 is 15.9 Å². The molecule has 0 unspecified atom stereocenters. The van der Waals surface area contributed by atoms with Crippen molar-refractivity contribution >= 4 is 21.6 Å². The first-order valence-corrected chi connectivity index (χ1v) is 8.07. The largest absolute Gasteiger partial charge is 0.299 e. The van der Waals surface area contributed by atoms with E-state index in [4.69, 9.17) is 0 Å². The van der Waals surface area contributed by atoms with E-state index in [1.54, 1.807) is 12.1 Å². The maximum Gasteiger partial charge on any atom is 0.135 e. The molecule has 2 aromatic carbocycles. The zero-order chi connectivity index (χ0) is 16.0. The minimum Gasteiger partial charge on any atom is -0.299 e. The summed E-state index contributed by atoms with van der Waals surface area (Å²) < 4.78 is 17.3. The number of hydrogen-bond donors (Lipinski definition) is 0. The van der Waals surface area contributed by atoms with Crippen LogP contribution in [-0.4, -0.2) is 15.3 Å². The van der Waals surface area contributed by atoms with Crippen molar-refractivity contribution in [2.24, 2.45) is 4.99 Å². The lowest BCUT2D eigenvalue weighted by atomic mass is 10.00. The fourth-order valence-corrected chi connectivity index (χ4v) is 3.30. The van der Waals surface area contributed by atoms with Crippen LogP contribution in [0.25, 0.3) is 5.69 Å². The third-order valence-electron chi connectivity index (χ3n) is 3.97. The highest BCUT2D eigenvalue weighted by Gasteiger charge is 2.22. The molecular weight excluding hydrogens is 357 g/mol. The van der Waals surface area contributed by atoms with Gasteiger partial charge in [0.25, 0.3) is 0 Å². The third kappa shape index (κ3) is 2.32. The Bertz CT molecular complexity index is 943. The molecule has 114 valence electrons. The second kappa shape index (κ2) is 5.42. The van der Waals surface area contributed by atoms with Gasteiger partial charge in [-0.2, -0.15) is 0 Å². The number of benzene rings is 2. The summed E-state index contributed by atoms with van der Waals surface area (Å²) in [6.45, 7) is 2.43. The summed E-state index contributed by atoms with van der Waals surface area (Å²) >= 11 is 3.51. The SMILES string of the molecule is Cc1cnc2n1-c1ccc(Br)cc1C(c1ccccc1F)=NC2. The Hall–Kier alpha value is -2.27. The van der Waals surface area contributed by atoms with E-state index in [1.165, 1.54) is 6.07 Å². The van der Waals surface area contributed by atoms with E-state index < -0.39 is 0 Å². The predicted octanol–water partition coefficient (Wildman–Crippen LogP) is 4.43. The molecule has 1 aliphatic heterocycles. The van der Waals surface area contributed by atoms with Gasteiger partial charge in [-0.3, -0.25) is 9.56 Å². The standard InChI is InChI=1S/C18H13BrFN3/c1-11-9-21-17-10-22-18(13-4-2-3-5-15(13)20)14-8-12(19)6-7-16(14)23(11)17/h2-9H,10H2,1H3. The molecule has 3 nitrogen and oxygen atoms in total. The highest BCUT2D eigenvalue weighted by atomic mass is 79.9. The second-order valence-corrected chi connectivity index (χ2v) is 6.37. The Morgan fingerprint density at radius 3 is 2.78 bits per heavy atom. The molecule has 2 heterocycles. The van der Waals surface area contributed by atoms with Crippen molar-refractivity contribution in [2.45, 2.75) is 13.5 Å². The molecule has 0 fully saturated rings. The van der Waals surface area contributed by atoms with Crippen LogP contribution in [0, 0.1) is 12.7 Å². The molecule has 5 heteroatoms. The van der Waals surface area contributed by atoms with Gasteiger partial charge in [0, 0.05) is 27.5 Å².